The number of hydrogen-bond acceptors (Lipinski definition) is 1. The molecule has 0 saturated heterocycles. The number of hydrogen-bond donors (Lipinski definition) is 0. The van der Waals surface area contributed by atoms with Crippen LogP contribution in [0.1, 0.15) is 0 Å². The van der Waals surface area contributed by atoms with Crippen LogP contribution in [-0.2, 0) is 0 Å². The number of nitrogens with zero attached hydrogens (tertiary/aromatic N) is 2. The molecule has 1 aromatic heterocycles. The average molecular weight is 765 g/mol. The highest BCUT2D eigenvalue weighted by atomic mass is 15.2. The van der Waals surface area contributed by atoms with Gasteiger partial charge in [-0.25, -0.2) is 0 Å². The van der Waals surface area contributed by atoms with Gasteiger partial charge in [0, 0.05) is 38.7 Å². The molecule has 0 radical (unpaired) electrons. The normalized spacial score (nSPS) is 11.3. The molecule has 0 aliphatic carbocycles. The summed E-state index contributed by atoms with van der Waals surface area (Å²) >= 11 is 0. The number of para-hydroxylation sites is 3. The van der Waals surface area contributed by atoms with Gasteiger partial charge in [0.25, 0.3) is 0 Å². The number of anilines is 3. The number of fused-ring (bicyclic) bond motifs is 4. The Balaban J connectivity index is 1.28. The Morgan fingerprint density at radius 3 is 1.48 bits per heavy atom. The van der Waals surface area contributed by atoms with E-state index in [1.165, 1.54) is 49.3 Å². The van der Waals surface area contributed by atoms with Gasteiger partial charge in [0.2, 0.25) is 0 Å². The highest BCUT2D eigenvalue weighted by Crippen LogP contribution is 2.51. The maximum absolute atomic E-state index is 2.53. The summed E-state index contributed by atoms with van der Waals surface area (Å²) in [6.45, 7) is 0. The van der Waals surface area contributed by atoms with E-state index in [2.05, 4.69) is 252 Å². The molecule has 60 heavy (non-hydrogen) atoms. The van der Waals surface area contributed by atoms with Crippen LogP contribution in [0.5, 0.6) is 0 Å². The largest absolute Gasteiger partial charge is 0.309 e. The smallest absolute Gasteiger partial charge is 0.0618 e. The molecule has 0 aliphatic rings. The molecule has 1 heterocycles. The van der Waals surface area contributed by atoms with Crippen molar-refractivity contribution in [3.63, 3.8) is 0 Å². The lowest BCUT2D eigenvalue weighted by Gasteiger charge is -2.32. The van der Waals surface area contributed by atoms with Gasteiger partial charge in [0.15, 0.2) is 0 Å². The van der Waals surface area contributed by atoms with E-state index in [1.54, 1.807) is 0 Å². The highest BCUT2D eigenvalue weighted by Gasteiger charge is 2.26. The van der Waals surface area contributed by atoms with E-state index in [4.69, 9.17) is 0 Å². The molecule has 0 bridgehead atoms. The average Bonchev–Trinajstić information content (AvgIpc) is 3.66. The Labute approximate surface area is 350 Å². The summed E-state index contributed by atoms with van der Waals surface area (Å²) in [4.78, 5) is 2.53. The van der Waals surface area contributed by atoms with E-state index in [-0.39, 0.29) is 0 Å². The highest BCUT2D eigenvalue weighted by molar-refractivity contribution is 6.13. The first-order valence-corrected chi connectivity index (χ1v) is 20.6. The molecule has 2 nitrogen and oxygen atoms in total. The summed E-state index contributed by atoms with van der Waals surface area (Å²) < 4.78 is 2.47. The Morgan fingerprint density at radius 1 is 0.317 bits per heavy atom. The molecule has 0 fully saturated rings. The molecule has 11 rings (SSSR count). The monoisotopic (exact) mass is 764 g/mol. The van der Waals surface area contributed by atoms with Crippen LogP contribution in [0, 0.1) is 0 Å². The van der Waals surface area contributed by atoms with Gasteiger partial charge in [-0.2, -0.15) is 0 Å². The molecule has 11 aromatic rings. The van der Waals surface area contributed by atoms with Crippen molar-refractivity contribution >= 4 is 49.6 Å². The van der Waals surface area contributed by atoms with Crippen molar-refractivity contribution in [2.75, 3.05) is 4.90 Å². The van der Waals surface area contributed by atoms with Crippen molar-refractivity contribution < 1.29 is 0 Å². The summed E-state index contributed by atoms with van der Waals surface area (Å²) in [6, 6.07) is 88.1. The minimum atomic E-state index is 1.07. The zero-order chi connectivity index (χ0) is 39.8. The fraction of sp³-hybridized carbons (Fsp3) is 0. The fourth-order valence-electron chi connectivity index (χ4n) is 9.12. The summed E-state index contributed by atoms with van der Waals surface area (Å²) in [5.74, 6) is 0. The molecule has 0 amide bonds. The predicted molar refractivity (Wildman–Crippen MR) is 255 cm³/mol. The van der Waals surface area contributed by atoms with Crippen molar-refractivity contribution in [2.45, 2.75) is 0 Å². The predicted octanol–water partition coefficient (Wildman–Crippen LogP) is 16.1. The van der Waals surface area contributed by atoms with Crippen molar-refractivity contribution in [3.8, 4) is 50.2 Å². The molecule has 0 spiro atoms. The molecule has 0 aliphatic heterocycles. The van der Waals surface area contributed by atoms with Crippen molar-refractivity contribution in [2.24, 2.45) is 0 Å². The Bertz CT molecular complexity index is 3240. The number of benzene rings is 10. The third-order valence-corrected chi connectivity index (χ3v) is 11.8. The lowest BCUT2D eigenvalue weighted by atomic mass is 9.91. The molecule has 0 atom stereocenters. The minimum Gasteiger partial charge on any atom is -0.309 e. The van der Waals surface area contributed by atoms with Crippen LogP contribution in [0.2, 0.25) is 0 Å². The van der Waals surface area contributed by atoms with Crippen LogP contribution >= 0.6 is 0 Å². The topological polar surface area (TPSA) is 8.17 Å². The maximum atomic E-state index is 2.53. The molecule has 282 valence electrons. The molecule has 10 aromatic carbocycles. The van der Waals surface area contributed by atoms with E-state index in [1.807, 2.05) is 0 Å². The minimum absolute atomic E-state index is 1.07. The standard InChI is InChI=1S/C58H40N2/c1-5-20-41(21-6-1)47-29-15-17-34-53(47)60-54-35-18-16-31-51(54)52-38-37-46(40-56(52)60)59(55-39-36-44-26-13-14-30-48(44)57(55)45-27-11-4-12-28-45)58-49(42-22-7-2-8-23-42)32-19-33-50(58)43-24-9-3-10-25-43/h1-40H. The van der Waals surface area contributed by atoms with Crippen molar-refractivity contribution in [1.82, 2.24) is 4.57 Å². The lowest BCUT2D eigenvalue weighted by Crippen LogP contribution is -2.14. The summed E-state index contributed by atoms with van der Waals surface area (Å²) in [7, 11) is 0. The second kappa shape index (κ2) is 15.1. The third kappa shape index (κ3) is 6.06. The zero-order valence-corrected chi connectivity index (χ0v) is 33.0. The molecule has 0 N–H and O–H groups in total. The van der Waals surface area contributed by atoms with E-state index < -0.39 is 0 Å². The van der Waals surface area contributed by atoms with E-state index in [9.17, 15) is 0 Å². The lowest BCUT2D eigenvalue weighted by molar-refractivity contribution is 1.18. The van der Waals surface area contributed by atoms with Gasteiger partial charge in [0.05, 0.1) is 28.1 Å². The second-order valence-corrected chi connectivity index (χ2v) is 15.3. The quantitative estimate of drug-likeness (QED) is 0.150. The molecule has 2 heteroatoms. The fourth-order valence-corrected chi connectivity index (χ4v) is 9.12. The first kappa shape index (κ1) is 35.2. The Morgan fingerprint density at radius 2 is 0.817 bits per heavy atom. The van der Waals surface area contributed by atoms with Crippen molar-refractivity contribution in [3.05, 3.63) is 243 Å². The first-order chi connectivity index (χ1) is 29.8. The maximum Gasteiger partial charge on any atom is 0.0618 e. The van der Waals surface area contributed by atoms with E-state index >= 15 is 0 Å². The first-order valence-electron chi connectivity index (χ1n) is 20.6. The van der Waals surface area contributed by atoms with E-state index in [0.717, 1.165) is 50.5 Å². The summed E-state index contributed by atoms with van der Waals surface area (Å²) in [5, 5.41) is 4.84. The van der Waals surface area contributed by atoms with Gasteiger partial charge >= 0.3 is 0 Å². The van der Waals surface area contributed by atoms with Gasteiger partial charge in [-0.15, -0.1) is 0 Å². The Kier molecular flexibility index (Phi) is 8.87. The van der Waals surface area contributed by atoms with Crippen LogP contribution in [0.15, 0.2) is 243 Å². The molecular formula is C58H40N2. The Hall–Kier alpha value is -7.94. The number of aromatic nitrogens is 1. The number of rotatable bonds is 8. The molecular weight excluding hydrogens is 725 g/mol. The zero-order valence-electron chi connectivity index (χ0n) is 33.0. The molecule has 0 saturated carbocycles. The second-order valence-electron chi connectivity index (χ2n) is 15.3. The third-order valence-electron chi connectivity index (χ3n) is 11.8. The molecule has 0 unspecified atom stereocenters. The van der Waals surface area contributed by atoms with Gasteiger partial charge < -0.3 is 9.47 Å². The summed E-state index contributed by atoms with van der Waals surface area (Å²) in [5.41, 5.74) is 16.1. The van der Waals surface area contributed by atoms with Crippen LogP contribution in [-0.4, -0.2) is 4.57 Å². The van der Waals surface area contributed by atoms with Crippen LogP contribution in [0.4, 0.5) is 17.1 Å². The van der Waals surface area contributed by atoms with Gasteiger partial charge in [-0.3, -0.25) is 0 Å². The van der Waals surface area contributed by atoms with Gasteiger partial charge in [0.1, 0.15) is 0 Å². The van der Waals surface area contributed by atoms with Crippen molar-refractivity contribution in [1.29, 1.82) is 0 Å². The van der Waals surface area contributed by atoms with Crippen LogP contribution in [0.3, 0.4) is 0 Å². The summed E-state index contributed by atoms with van der Waals surface area (Å²) in [6.07, 6.45) is 0. The van der Waals surface area contributed by atoms with Gasteiger partial charge in [-0.1, -0.05) is 212 Å². The van der Waals surface area contributed by atoms with E-state index in [0.29, 0.717) is 0 Å². The van der Waals surface area contributed by atoms with Crippen LogP contribution < -0.4 is 4.90 Å². The van der Waals surface area contributed by atoms with Crippen LogP contribution in [0.25, 0.3) is 82.8 Å². The van der Waals surface area contributed by atoms with Gasteiger partial charge in [-0.05, 0) is 63.4 Å². The SMILES string of the molecule is c1ccc(-c2ccccc2-n2c3ccccc3c3ccc(N(c4ccc5ccccc5c4-c4ccccc4)c4c(-c5ccccc5)cccc4-c4ccccc4)cc32)cc1.